The van der Waals surface area contributed by atoms with Crippen LogP contribution in [0.15, 0.2) is 22.0 Å². The van der Waals surface area contributed by atoms with Gasteiger partial charge in [-0.1, -0.05) is 31.4 Å². The third-order valence-corrected chi connectivity index (χ3v) is 5.01. The molecule has 0 unspecified atom stereocenters. The molecular weight excluding hydrogens is 366 g/mol. The summed E-state index contributed by atoms with van der Waals surface area (Å²) in [6, 6.07) is 0. The predicted molar refractivity (Wildman–Crippen MR) is 99.7 cm³/mol. The highest BCUT2D eigenvalue weighted by molar-refractivity contribution is 5.02. The Morgan fingerprint density at radius 1 is 1.36 bits per heavy atom. The Labute approximate surface area is 161 Å². The van der Waals surface area contributed by atoms with Crippen molar-refractivity contribution in [1.29, 1.82) is 0 Å². The van der Waals surface area contributed by atoms with Crippen LogP contribution in [0.25, 0.3) is 0 Å². The summed E-state index contributed by atoms with van der Waals surface area (Å²) in [6.07, 6.45) is 4.26. The molecule has 2 aromatic heterocycles. The number of rotatable bonds is 8. The van der Waals surface area contributed by atoms with Crippen molar-refractivity contribution in [1.82, 2.24) is 24.5 Å². The molecule has 0 spiro atoms. The highest BCUT2D eigenvalue weighted by Crippen LogP contribution is 2.28. The molecule has 3 rings (SSSR count). The van der Waals surface area contributed by atoms with Crippen LogP contribution in [-0.2, 0) is 11.3 Å². The van der Waals surface area contributed by atoms with E-state index >= 15 is 0 Å². The molecule has 3 heterocycles. The van der Waals surface area contributed by atoms with Gasteiger partial charge in [0.1, 0.15) is 18.0 Å². The molecule has 10 heteroatoms. The average molecular weight is 393 g/mol. The van der Waals surface area contributed by atoms with Crippen LogP contribution in [0, 0.1) is 6.92 Å². The molecule has 1 aliphatic rings. The van der Waals surface area contributed by atoms with Crippen LogP contribution >= 0.6 is 0 Å². The van der Waals surface area contributed by atoms with Gasteiger partial charge in [0.2, 0.25) is 0 Å². The Hall–Kier alpha value is -2.30. The van der Waals surface area contributed by atoms with Crippen LogP contribution in [0.4, 0.5) is 0 Å². The molecule has 154 valence electrons. The average Bonchev–Trinajstić information content (AvgIpc) is 3.26. The molecule has 2 aromatic rings. The maximum absolute atomic E-state index is 12.0. The fraction of sp³-hybridized carbons (Fsp3) is 0.667. The zero-order valence-corrected chi connectivity index (χ0v) is 16.1. The third kappa shape index (κ3) is 4.57. The number of aliphatic hydroxyl groups excluding tert-OH is 2. The predicted octanol–water partition coefficient (Wildman–Crippen LogP) is 0.399. The first-order valence-corrected chi connectivity index (χ1v) is 9.62. The summed E-state index contributed by atoms with van der Waals surface area (Å²) in [5.41, 5.74) is -0.137. The van der Waals surface area contributed by atoms with Gasteiger partial charge in [-0.3, -0.25) is 14.3 Å². The minimum Gasteiger partial charge on any atom is -0.390 e. The van der Waals surface area contributed by atoms with Gasteiger partial charge in [0.15, 0.2) is 0 Å². The number of aliphatic hydroxyl groups is 2. The summed E-state index contributed by atoms with van der Waals surface area (Å²) in [7, 11) is 0. The van der Waals surface area contributed by atoms with Crippen LogP contribution in [0.2, 0.25) is 0 Å². The lowest BCUT2D eigenvalue weighted by molar-refractivity contribution is -0.0302. The highest BCUT2D eigenvalue weighted by Gasteiger charge is 2.36. The van der Waals surface area contributed by atoms with Crippen molar-refractivity contribution in [3.63, 3.8) is 0 Å². The van der Waals surface area contributed by atoms with Gasteiger partial charge >= 0.3 is 5.69 Å². The number of unbranched alkanes of at least 4 members (excludes halogenated alkanes) is 2. The van der Waals surface area contributed by atoms with Crippen molar-refractivity contribution in [2.45, 2.75) is 77.0 Å². The fourth-order valence-corrected chi connectivity index (χ4v) is 3.33. The molecule has 10 nitrogen and oxygen atoms in total. The van der Waals surface area contributed by atoms with E-state index < -0.39 is 35.8 Å². The number of nitrogens with zero attached hydrogens (tertiary/aromatic N) is 4. The van der Waals surface area contributed by atoms with Crippen molar-refractivity contribution in [3.8, 4) is 0 Å². The summed E-state index contributed by atoms with van der Waals surface area (Å²) in [5.74, 6) is 0. The van der Waals surface area contributed by atoms with Gasteiger partial charge < -0.3 is 14.9 Å². The summed E-state index contributed by atoms with van der Waals surface area (Å²) in [4.78, 5) is 25.8. The maximum atomic E-state index is 12.0. The summed E-state index contributed by atoms with van der Waals surface area (Å²) >= 11 is 0. The van der Waals surface area contributed by atoms with E-state index in [2.05, 4.69) is 22.2 Å². The van der Waals surface area contributed by atoms with E-state index in [1.54, 1.807) is 13.1 Å². The highest BCUT2D eigenvalue weighted by atomic mass is 16.5. The number of hydrogen-bond acceptors (Lipinski definition) is 7. The normalized spacial score (nSPS) is 23.2. The Morgan fingerprint density at radius 2 is 2.14 bits per heavy atom. The van der Waals surface area contributed by atoms with Gasteiger partial charge in [-0.15, -0.1) is 5.10 Å². The van der Waals surface area contributed by atoms with Crippen LogP contribution in [0.1, 0.15) is 62.6 Å². The Balaban J connectivity index is 1.64. The number of ether oxygens (including phenoxy) is 1. The number of aryl methyl sites for hydroxylation is 1. The van der Waals surface area contributed by atoms with Crippen molar-refractivity contribution >= 4 is 0 Å². The molecule has 0 bridgehead atoms. The van der Waals surface area contributed by atoms with E-state index in [9.17, 15) is 19.8 Å². The summed E-state index contributed by atoms with van der Waals surface area (Å²) < 4.78 is 8.63. The summed E-state index contributed by atoms with van der Waals surface area (Å²) in [6.45, 7) is 3.94. The first-order chi connectivity index (χ1) is 13.4. The van der Waals surface area contributed by atoms with Gasteiger partial charge in [-0.05, 0) is 13.3 Å². The van der Waals surface area contributed by atoms with E-state index in [-0.39, 0.29) is 13.0 Å². The van der Waals surface area contributed by atoms with Crippen molar-refractivity contribution in [3.05, 3.63) is 44.5 Å². The Morgan fingerprint density at radius 3 is 2.89 bits per heavy atom. The molecule has 1 fully saturated rings. The minimum absolute atomic E-state index is 0.219. The van der Waals surface area contributed by atoms with Gasteiger partial charge in [0.05, 0.1) is 24.9 Å². The fourth-order valence-electron chi connectivity index (χ4n) is 3.33. The van der Waals surface area contributed by atoms with E-state index in [0.717, 1.165) is 19.3 Å². The molecule has 3 N–H and O–H groups in total. The van der Waals surface area contributed by atoms with Crippen molar-refractivity contribution < 1.29 is 14.9 Å². The molecule has 0 saturated carbocycles. The quantitative estimate of drug-likeness (QED) is 0.552. The van der Waals surface area contributed by atoms with Crippen molar-refractivity contribution in [2.24, 2.45) is 0 Å². The van der Waals surface area contributed by atoms with E-state index in [0.29, 0.717) is 17.7 Å². The number of H-pyrrole nitrogens is 1. The standard InChI is InChI=1S/C18H27N5O5/c1-3-4-5-6-13(24)12-9-22(21-20-12)10-15-14(25)7-16(28-15)23-8-11(2)17(26)19-18(23)27/h8-9,13-16,24-25H,3-7,10H2,1-2H3,(H,19,26,27)/t13-,14+,15+,16+/m0/s1. The smallest absolute Gasteiger partial charge is 0.330 e. The number of hydrogen-bond donors (Lipinski definition) is 3. The topological polar surface area (TPSA) is 135 Å². The molecule has 1 aliphatic heterocycles. The van der Waals surface area contributed by atoms with E-state index in [4.69, 9.17) is 4.74 Å². The lowest BCUT2D eigenvalue weighted by atomic mass is 10.1. The van der Waals surface area contributed by atoms with Crippen LogP contribution < -0.4 is 11.2 Å². The minimum atomic E-state index is -0.800. The molecule has 0 aromatic carbocycles. The lowest BCUT2D eigenvalue weighted by Gasteiger charge is -2.16. The Kier molecular flexibility index (Phi) is 6.42. The largest absolute Gasteiger partial charge is 0.390 e. The van der Waals surface area contributed by atoms with Crippen LogP contribution in [0.5, 0.6) is 0 Å². The first-order valence-electron chi connectivity index (χ1n) is 9.62. The van der Waals surface area contributed by atoms with Crippen molar-refractivity contribution in [2.75, 3.05) is 0 Å². The summed E-state index contributed by atoms with van der Waals surface area (Å²) in [5, 5.41) is 28.5. The second-order valence-electron chi connectivity index (χ2n) is 7.29. The zero-order chi connectivity index (χ0) is 20.3. The van der Waals surface area contributed by atoms with Gasteiger partial charge in [0, 0.05) is 18.2 Å². The first kappa shape index (κ1) is 20.4. The molecule has 0 aliphatic carbocycles. The molecule has 4 atom stereocenters. The van der Waals surface area contributed by atoms with Gasteiger partial charge in [0.25, 0.3) is 5.56 Å². The van der Waals surface area contributed by atoms with Gasteiger partial charge in [-0.25, -0.2) is 9.48 Å². The number of aromatic nitrogens is 5. The lowest BCUT2D eigenvalue weighted by Crippen LogP contribution is -2.33. The van der Waals surface area contributed by atoms with Gasteiger partial charge in [-0.2, -0.15) is 0 Å². The monoisotopic (exact) mass is 393 g/mol. The maximum Gasteiger partial charge on any atom is 0.330 e. The second-order valence-corrected chi connectivity index (χ2v) is 7.29. The molecule has 1 saturated heterocycles. The number of aromatic amines is 1. The van der Waals surface area contributed by atoms with E-state index in [1.165, 1.54) is 15.4 Å². The SMILES string of the molecule is CCCCC[C@H](O)c1cn(C[C@H]2O[C@@H](n3cc(C)c(=O)[nH]c3=O)C[C@H]2O)nn1. The molecule has 28 heavy (non-hydrogen) atoms. The number of nitrogens with one attached hydrogen (secondary N) is 1. The van der Waals surface area contributed by atoms with Crippen LogP contribution in [-0.4, -0.2) is 47.0 Å². The second kappa shape index (κ2) is 8.80. The molecule has 0 radical (unpaired) electrons. The zero-order valence-electron chi connectivity index (χ0n) is 16.1. The Bertz CT molecular complexity index is 904. The van der Waals surface area contributed by atoms with Crippen LogP contribution in [0.3, 0.4) is 0 Å². The third-order valence-electron chi connectivity index (χ3n) is 5.01. The molecule has 0 amide bonds. The molecular formula is C18H27N5O5. The van der Waals surface area contributed by atoms with E-state index in [1.807, 2.05) is 0 Å².